The summed E-state index contributed by atoms with van der Waals surface area (Å²) in [7, 11) is -3.17. The van der Waals surface area contributed by atoms with Crippen molar-refractivity contribution in [2.75, 3.05) is 17.5 Å². The molecular formula is C15H14ClNO3S2. The number of amides is 1. The predicted octanol–water partition coefficient (Wildman–Crippen LogP) is 3.42. The number of hydrogen-bond acceptors (Lipinski definition) is 4. The third-order valence-electron chi connectivity index (χ3n) is 2.75. The molecule has 7 heteroatoms. The number of sulfone groups is 1. The monoisotopic (exact) mass is 355 g/mol. The van der Waals surface area contributed by atoms with Gasteiger partial charge in [0.05, 0.1) is 4.90 Å². The van der Waals surface area contributed by atoms with Crippen molar-refractivity contribution in [1.29, 1.82) is 0 Å². The van der Waals surface area contributed by atoms with Gasteiger partial charge in [-0.15, -0.1) is 11.6 Å². The molecule has 0 heterocycles. The first kappa shape index (κ1) is 16.9. The SMILES string of the molecule is CS(=O)(=O)c1ccc(Sc2ccc(NC(=O)CCl)cc2)cc1. The molecule has 1 amide bonds. The van der Waals surface area contributed by atoms with Crippen molar-refractivity contribution in [3.05, 3.63) is 48.5 Å². The molecule has 0 aliphatic rings. The molecule has 0 unspecified atom stereocenters. The topological polar surface area (TPSA) is 63.2 Å². The zero-order valence-electron chi connectivity index (χ0n) is 11.7. The Balaban J connectivity index is 2.06. The van der Waals surface area contributed by atoms with Gasteiger partial charge >= 0.3 is 0 Å². The number of rotatable bonds is 5. The average molecular weight is 356 g/mol. The summed E-state index contributed by atoms with van der Waals surface area (Å²) >= 11 is 6.93. The Bertz CT molecular complexity index is 756. The van der Waals surface area contributed by atoms with Gasteiger partial charge in [0.1, 0.15) is 5.88 Å². The molecule has 1 N–H and O–H groups in total. The van der Waals surface area contributed by atoms with Crippen molar-refractivity contribution in [3.63, 3.8) is 0 Å². The van der Waals surface area contributed by atoms with Crippen LogP contribution in [0.2, 0.25) is 0 Å². The van der Waals surface area contributed by atoms with Crippen LogP contribution in [-0.4, -0.2) is 26.5 Å². The van der Waals surface area contributed by atoms with Gasteiger partial charge in [-0.25, -0.2) is 8.42 Å². The van der Waals surface area contributed by atoms with E-state index < -0.39 is 9.84 Å². The minimum atomic E-state index is -3.17. The van der Waals surface area contributed by atoms with Crippen LogP contribution in [-0.2, 0) is 14.6 Å². The summed E-state index contributed by atoms with van der Waals surface area (Å²) in [5, 5.41) is 2.66. The normalized spacial score (nSPS) is 11.2. The van der Waals surface area contributed by atoms with Crippen LogP contribution >= 0.6 is 23.4 Å². The summed E-state index contributed by atoms with van der Waals surface area (Å²) in [6.07, 6.45) is 1.18. The number of nitrogens with one attached hydrogen (secondary N) is 1. The number of halogens is 1. The van der Waals surface area contributed by atoms with Crippen LogP contribution in [0, 0.1) is 0 Å². The second kappa shape index (κ2) is 7.17. The first-order valence-electron chi connectivity index (χ1n) is 6.32. The highest BCUT2D eigenvalue weighted by atomic mass is 35.5. The molecule has 0 radical (unpaired) electrons. The average Bonchev–Trinajstić information content (AvgIpc) is 2.49. The highest BCUT2D eigenvalue weighted by Gasteiger charge is 2.07. The molecule has 2 rings (SSSR count). The standard InChI is InChI=1S/C15H14ClNO3S2/c1-22(19,20)14-8-6-13(7-9-14)21-12-4-2-11(3-5-12)17-15(18)10-16/h2-9H,10H2,1H3,(H,17,18). The van der Waals surface area contributed by atoms with Crippen molar-refractivity contribution in [2.45, 2.75) is 14.7 Å². The largest absolute Gasteiger partial charge is 0.325 e. The molecule has 2 aromatic carbocycles. The lowest BCUT2D eigenvalue weighted by Gasteiger charge is -2.06. The molecule has 0 aliphatic carbocycles. The summed E-state index contributed by atoms with van der Waals surface area (Å²) in [4.78, 5) is 13.4. The highest BCUT2D eigenvalue weighted by Crippen LogP contribution is 2.29. The number of alkyl halides is 1. The van der Waals surface area contributed by atoms with Crippen LogP contribution in [0.15, 0.2) is 63.2 Å². The number of hydrogen-bond donors (Lipinski definition) is 1. The summed E-state index contributed by atoms with van der Waals surface area (Å²) in [6, 6.07) is 14.0. The van der Waals surface area contributed by atoms with Crippen molar-refractivity contribution in [2.24, 2.45) is 0 Å². The van der Waals surface area contributed by atoms with Gasteiger partial charge in [0.2, 0.25) is 5.91 Å². The van der Waals surface area contributed by atoms with E-state index in [1.165, 1.54) is 18.0 Å². The second-order valence-corrected chi connectivity index (χ2v) is 7.98. The summed E-state index contributed by atoms with van der Waals surface area (Å²) in [6.45, 7) is 0. The number of carbonyl (C=O) groups is 1. The first-order chi connectivity index (χ1) is 10.4. The number of benzene rings is 2. The van der Waals surface area contributed by atoms with Gasteiger partial charge in [-0.05, 0) is 48.5 Å². The van der Waals surface area contributed by atoms with E-state index in [1.54, 1.807) is 36.4 Å². The van der Waals surface area contributed by atoms with Crippen molar-refractivity contribution >= 4 is 44.8 Å². The maximum Gasteiger partial charge on any atom is 0.239 e. The van der Waals surface area contributed by atoms with Gasteiger partial charge in [0.25, 0.3) is 0 Å². The lowest BCUT2D eigenvalue weighted by Crippen LogP contribution is -2.12. The lowest BCUT2D eigenvalue weighted by molar-refractivity contribution is -0.113. The Labute approximate surface area is 138 Å². The fourth-order valence-electron chi connectivity index (χ4n) is 1.69. The fraction of sp³-hybridized carbons (Fsp3) is 0.133. The molecule has 4 nitrogen and oxygen atoms in total. The second-order valence-electron chi connectivity index (χ2n) is 4.55. The van der Waals surface area contributed by atoms with Crippen LogP contribution in [0.1, 0.15) is 0 Å². The summed E-state index contributed by atoms with van der Waals surface area (Å²) in [5.74, 6) is -0.332. The molecule has 116 valence electrons. The smallest absolute Gasteiger partial charge is 0.239 e. The van der Waals surface area contributed by atoms with E-state index in [9.17, 15) is 13.2 Å². The van der Waals surface area contributed by atoms with Gasteiger partial charge < -0.3 is 5.32 Å². The molecule has 0 saturated carbocycles. The molecular weight excluding hydrogens is 342 g/mol. The van der Waals surface area contributed by atoms with Crippen LogP contribution in [0.4, 0.5) is 5.69 Å². The Morgan fingerprint density at radius 3 is 2.00 bits per heavy atom. The van der Waals surface area contributed by atoms with Crippen LogP contribution in [0.3, 0.4) is 0 Å². The van der Waals surface area contributed by atoms with Gasteiger partial charge in [-0.3, -0.25) is 4.79 Å². The van der Waals surface area contributed by atoms with Crippen molar-refractivity contribution in [1.82, 2.24) is 0 Å². The summed E-state index contributed by atoms with van der Waals surface area (Å²) < 4.78 is 22.8. The van der Waals surface area contributed by atoms with Gasteiger partial charge in [-0.1, -0.05) is 11.8 Å². The molecule has 0 atom stereocenters. The van der Waals surface area contributed by atoms with Crippen LogP contribution in [0.25, 0.3) is 0 Å². The fourth-order valence-corrected chi connectivity index (χ4v) is 3.21. The quantitative estimate of drug-likeness (QED) is 0.835. The van der Waals surface area contributed by atoms with E-state index in [-0.39, 0.29) is 11.8 Å². The first-order valence-corrected chi connectivity index (χ1v) is 9.56. The molecule has 2 aromatic rings. The maximum atomic E-state index is 11.4. The molecule has 0 saturated heterocycles. The zero-order chi connectivity index (χ0) is 16.2. The van der Waals surface area contributed by atoms with Crippen molar-refractivity contribution < 1.29 is 13.2 Å². The van der Waals surface area contributed by atoms with E-state index in [2.05, 4.69) is 5.32 Å². The molecule has 0 spiro atoms. The molecule has 0 aromatic heterocycles. The Kier molecular flexibility index (Phi) is 5.50. The maximum absolute atomic E-state index is 11.4. The molecule has 22 heavy (non-hydrogen) atoms. The third kappa shape index (κ3) is 4.76. The van der Waals surface area contributed by atoms with Crippen LogP contribution in [0.5, 0.6) is 0 Å². The Hall–Kier alpha value is -1.50. The summed E-state index contributed by atoms with van der Waals surface area (Å²) in [5.41, 5.74) is 0.683. The van der Waals surface area contributed by atoms with E-state index >= 15 is 0 Å². The number of carbonyl (C=O) groups excluding carboxylic acids is 1. The Morgan fingerprint density at radius 1 is 1.05 bits per heavy atom. The highest BCUT2D eigenvalue weighted by molar-refractivity contribution is 7.99. The zero-order valence-corrected chi connectivity index (χ0v) is 14.1. The van der Waals surface area contributed by atoms with Gasteiger partial charge in [0, 0.05) is 21.7 Å². The van der Waals surface area contributed by atoms with E-state index in [0.29, 0.717) is 10.6 Å². The van der Waals surface area contributed by atoms with E-state index in [0.717, 1.165) is 9.79 Å². The molecule has 0 bridgehead atoms. The minimum Gasteiger partial charge on any atom is -0.325 e. The predicted molar refractivity (Wildman–Crippen MR) is 89.5 cm³/mol. The van der Waals surface area contributed by atoms with E-state index in [1.807, 2.05) is 12.1 Å². The molecule has 0 aliphatic heterocycles. The Morgan fingerprint density at radius 2 is 1.55 bits per heavy atom. The third-order valence-corrected chi connectivity index (χ3v) is 5.13. The van der Waals surface area contributed by atoms with Crippen molar-refractivity contribution in [3.8, 4) is 0 Å². The van der Waals surface area contributed by atoms with E-state index in [4.69, 9.17) is 11.6 Å². The van der Waals surface area contributed by atoms with Crippen LogP contribution < -0.4 is 5.32 Å². The van der Waals surface area contributed by atoms with Gasteiger partial charge in [0.15, 0.2) is 9.84 Å². The lowest BCUT2D eigenvalue weighted by atomic mass is 10.3. The molecule has 0 fully saturated rings. The van der Waals surface area contributed by atoms with Gasteiger partial charge in [-0.2, -0.15) is 0 Å². The minimum absolute atomic E-state index is 0.0802. The number of anilines is 1.